The fraction of sp³-hybridized carbons (Fsp3) is 0.158. The van der Waals surface area contributed by atoms with Crippen molar-refractivity contribution < 1.29 is 31.1 Å². The van der Waals surface area contributed by atoms with Crippen LogP contribution in [0.4, 0.5) is 23.7 Å². The molecule has 0 spiro atoms. The molecule has 0 aliphatic heterocycles. The summed E-state index contributed by atoms with van der Waals surface area (Å²) in [7, 11) is -3.37. The number of aryl methyl sites for hydroxylation is 1. The molecule has 1 amide bonds. The lowest BCUT2D eigenvalue weighted by Crippen LogP contribution is -2.19. The molecule has 3 aromatic rings. The minimum absolute atomic E-state index is 0.108. The second-order valence-electron chi connectivity index (χ2n) is 6.22. The average Bonchev–Trinajstić information content (AvgIpc) is 3.02. The average molecular weight is 456 g/mol. The van der Waals surface area contributed by atoms with E-state index in [1.165, 1.54) is 19.1 Å². The maximum Gasteiger partial charge on any atom is 0.438 e. The lowest BCUT2D eigenvalue weighted by molar-refractivity contribution is -0.141. The van der Waals surface area contributed by atoms with Crippen molar-refractivity contribution in [1.29, 1.82) is 0 Å². The van der Waals surface area contributed by atoms with Gasteiger partial charge in [-0.15, -0.1) is 0 Å². The summed E-state index contributed by atoms with van der Waals surface area (Å²) in [5.41, 5.74) is 0.156. The SMILES string of the molecule is Cc1nc(C(F)(F)F)c(OC(=O)Nc2ccccc2-c2ccc(S(C)(=O)=O)cc2)s1. The van der Waals surface area contributed by atoms with Gasteiger partial charge in [0.15, 0.2) is 15.5 Å². The second-order valence-corrected chi connectivity index (χ2v) is 9.40. The summed E-state index contributed by atoms with van der Waals surface area (Å²) in [6.45, 7) is 1.38. The number of alkyl halides is 3. The third-order valence-electron chi connectivity index (χ3n) is 3.91. The number of carbonyl (C=O) groups excluding carboxylic acids is 1. The van der Waals surface area contributed by atoms with Crippen molar-refractivity contribution in [2.24, 2.45) is 0 Å². The fourth-order valence-electron chi connectivity index (χ4n) is 2.60. The first-order valence-corrected chi connectivity index (χ1v) is 11.1. The van der Waals surface area contributed by atoms with Crippen LogP contribution >= 0.6 is 11.3 Å². The number of nitrogens with one attached hydrogen (secondary N) is 1. The first-order chi connectivity index (χ1) is 13.9. The van der Waals surface area contributed by atoms with E-state index in [4.69, 9.17) is 4.74 Å². The molecule has 3 rings (SSSR count). The lowest BCUT2D eigenvalue weighted by atomic mass is 10.0. The first-order valence-electron chi connectivity index (χ1n) is 8.38. The number of thiazole rings is 1. The molecular formula is C19H15F3N2O4S2. The van der Waals surface area contributed by atoms with Crippen LogP contribution in [0.3, 0.4) is 0 Å². The smallest absolute Gasteiger partial charge is 0.397 e. The van der Waals surface area contributed by atoms with Gasteiger partial charge < -0.3 is 4.74 Å². The highest BCUT2D eigenvalue weighted by Gasteiger charge is 2.39. The minimum atomic E-state index is -4.75. The molecule has 0 bridgehead atoms. The van der Waals surface area contributed by atoms with Crippen LogP contribution in [0.2, 0.25) is 0 Å². The Morgan fingerprint density at radius 1 is 1.10 bits per heavy atom. The Hall–Kier alpha value is -2.92. The van der Waals surface area contributed by atoms with Gasteiger partial charge in [0, 0.05) is 11.8 Å². The quantitative estimate of drug-likeness (QED) is 0.587. The van der Waals surface area contributed by atoms with Crippen LogP contribution in [-0.4, -0.2) is 25.8 Å². The molecule has 0 aliphatic carbocycles. The highest BCUT2D eigenvalue weighted by molar-refractivity contribution is 7.90. The summed E-state index contributed by atoms with van der Waals surface area (Å²) < 4.78 is 67.2. The van der Waals surface area contributed by atoms with E-state index in [0.29, 0.717) is 22.5 Å². The van der Waals surface area contributed by atoms with Crippen LogP contribution in [0.25, 0.3) is 11.1 Å². The van der Waals surface area contributed by atoms with E-state index in [2.05, 4.69) is 10.3 Å². The summed E-state index contributed by atoms with van der Waals surface area (Å²) in [4.78, 5) is 15.7. The Morgan fingerprint density at radius 2 is 1.73 bits per heavy atom. The summed E-state index contributed by atoms with van der Waals surface area (Å²) in [5, 5.41) is 1.88. The van der Waals surface area contributed by atoms with Crippen molar-refractivity contribution in [2.45, 2.75) is 18.0 Å². The molecule has 1 heterocycles. The van der Waals surface area contributed by atoms with Gasteiger partial charge in [0.2, 0.25) is 5.06 Å². The van der Waals surface area contributed by atoms with Crippen LogP contribution in [0.5, 0.6) is 5.06 Å². The molecule has 11 heteroatoms. The van der Waals surface area contributed by atoms with E-state index >= 15 is 0 Å². The summed E-state index contributed by atoms with van der Waals surface area (Å²) in [6, 6.07) is 12.5. The Bertz CT molecular complexity index is 1190. The van der Waals surface area contributed by atoms with E-state index < -0.39 is 32.9 Å². The highest BCUT2D eigenvalue weighted by Crippen LogP contribution is 2.39. The van der Waals surface area contributed by atoms with Gasteiger partial charge in [0.05, 0.1) is 15.6 Å². The van der Waals surface area contributed by atoms with Crippen LogP contribution in [0, 0.1) is 6.92 Å². The summed E-state index contributed by atoms with van der Waals surface area (Å²) in [6.07, 6.45) is -4.77. The van der Waals surface area contributed by atoms with Crippen molar-refractivity contribution >= 4 is 33.0 Å². The van der Waals surface area contributed by atoms with Crippen LogP contribution in [-0.2, 0) is 16.0 Å². The lowest BCUT2D eigenvalue weighted by Gasteiger charge is -2.12. The zero-order chi connectivity index (χ0) is 22.1. The molecule has 158 valence electrons. The number of benzene rings is 2. The van der Waals surface area contributed by atoms with Gasteiger partial charge in [-0.05, 0) is 30.7 Å². The zero-order valence-electron chi connectivity index (χ0n) is 15.6. The molecule has 2 aromatic carbocycles. The summed E-state index contributed by atoms with van der Waals surface area (Å²) >= 11 is 0.614. The molecule has 1 N–H and O–H groups in total. The topological polar surface area (TPSA) is 85.4 Å². The molecule has 0 unspecified atom stereocenters. The molecule has 0 saturated heterocycles. The van der Waals surface area contributed by atoms with Gasteiger partial charge in [-0.3, -0.25) is 5.32 Å². The van der Waals surface area contributed by atoms with Crippen molar-refractivity contribution in [3.63, 3.8) is 0 Å². The van der Waals surface area contributed by atoms with E-state index in [0.717, 1.165) is 6.26 Å². The van der Waals surface area contributed by atoms with Crippen molar-refractivity contribution in [3.8, 4) is 16.2 Å². The number of ether oxygens (including phenoxy) is 1. The fourth-order valence-corrected chi connectivity index (χ4v) is 4.01. The Kier molecular flexibility index (Phi) is 5.86. The number of anilines is 1. The molecule has 0 atom stereocenters. The molecule has 0 aliphatic rings. The largest absolute Gasteiger partial charge is 0.438 e. The van der Waals surface area contributed by atoms with E-state index in [9.17, 15) is 26.4 Å². The molecule has 6 nitrogen and oxygen atoms in total. The van der Waals surface area contributed by atoms with Gasteiger partial charge in [0.1, 0.15) is 0 Å². The monoisotopic (exact) mass is 456 g/mol. The number of para-hydroxylation sites is 1. The third kappa shape index (κ3) is 4.97. The number of nitrogens with zero attached hydrogens (tertiary/aromatic N) is 1. The first kappa shape index (κ1) is 21.8. The Labute approximate surface area is 174 Å². The molecule has 0 fully saturated rings. The number of aromatic nitrogens is 1. The predicted octanol–water partition coefficient (Wildman–Crippen LogP) is 5.15. The Balaban J connectivity index is 1.85. The maximum absolute atomic E-state index is 13.0. The normalized spacial score (nSPS) is 11.9. The van der Waals surface area contributed by atoms with Gasteiger partial charge in [-0.25, -0.2) is 18.2 Å². The number of halogens is 3. The predicted molar refractivity (Wildman–Crippen MR) is 106 cm³/mol. The summed E-state index contributed by atoms with van der Waals surface area (Å²) in [5.74, 6) is 0. The molecule has 0 saturated carbocycles. The Morgan fingerprint density at radius 3 is 2.33 bits per heavy atom. The van der Waals surface area contributed by atoms with E-state index in [-0.39, 0.29) is 15.6 Å². The second kappa shape index (κ2) is 8.07. The van der Waals surface area contributed by atoms with Gasteiger partial charge in [-0.2, -0.15) is 13.2 Å². The number of hydrogen-bond donors (Lipinski definition) is 1. The van der Waals surface area contributed by atoms with Crippen molar-refractivity contribution in [1.82, 2.24) is 4.98 Å². The number of hydrogen-bond acceptors (Lipinski definition) is 6. The van der Waals surface area contributed by atoms with Crippen LogP contribution in [0.15, 0.2) is 53.4 Å². The standard InChI is InChI=1S/C19H15F3N2O4S2/c1-11-23-16(19(20,21)22)17(29-11)28-18(25)24-15-6-4-3-5-14(15)12-7-9-13(10-8-12)30(2,26)27/h3-10H,1-2H3,(H,24,25). The van der Waals surface area contributed by atoms with Gasteiger partial charge in [-0.1, -0.05) is 41.7 Å². The van der Waals surface area contributed by atoms with Gasteiger partial charge >= 0.3 is 12.3 Å². The van der Waals surface area contributed by atoms with Crippen LogP contribution < -0.4 is 10.1 Å². The molecular weight excluding hydrogens is 441 g/mol. The maximum atomic E-state index is 13.0. The number of sulfone groups is 1. The van der Waals surface area contributed by atoms with Crippen molar-refractivity contribution in [3.05, 3.63) is 59.2 Å². The highest BCUT2D eigenvalue weighted by atomic mass is 32.2. The number of carbonyl (C=O) groups is 1. The van der Waals surface area contributed by atoms with E-state index in [1.807, 2.05) is 0 Å². The minimum Gasteiger partial charge on any atom is -0.397 e. The number of rotatable bonds is 4. The molecule has 1 aromatic heterocycles. The molecule has 30 heavy (non-hydrogen) atoms. The third-order valence-corrected chi connectivity index (χ3v) is 5.89. The number of amides is 1. The molecule has 0 radical (unpaired) electrons. The van der Waals surface area contributed by atoms with Gasteiger partial charge in [0.25, 0.3) is 0 Å². The van der Waals surface area contributed by atoms with Crippen molar-refractivity contribution in [2.75, 3.05) is 11.6 Å². The zero-order valence-corrected chi connectivity index (χ0v) is 17.3. The van der Waals surface area contributed by atoms with Crippen LogP contribution in [0.1, 0.15) is 10.7 Å². The van der Waals surface area contributed by atoms with E-state index in [1.54, 1.807) is 36.4 Å².